The summed E-state index contributed by atoms with van der Waals surface area (Å²) in [5.41, 5.74) is 2.52. The average Bonchev–Trinajstić information content (AvgIpc) is 2.87. The van der Waals surface area contributed by atoms with E-state index in [2.05, 4.69) is 41.3 Å². The molecule has 0 N–H and O–H groups in total. The molecule has 1 atom stereocenters. The molecule has 4 rings (SSSR count). The van der Waals surface area contributed by atoms with Gasteiger partial charge in [-0.3, -0.25) is 0 Å². The van der Waals surface area contributed by atoms with Crippen LogP contribution in [0.15, 0.2) is 89.8 Å². The number of piperidine rings is 1. The Hall–Kier alpha value is -1.89. The molecule has 0 bridgehead atoms. The van der Waals surface area contributed by atoms with Crippen LogP contribution in [-0.2, 0) is 10.0 Å². The normalized spacial score (nSPS) is 16.1. The zero-order chi connectivity index (χ0) is 24.0. The van der Waals surface area contributed by atoms with Crippen LogP contribution in [-0.4, -0.2) is 50.8 Å². The fraction of sp³-hybridized carbons (Fsp3) is 0.357. The fourth-order valence-corrected chi connectivity index (χ4v) is 6.29. The highest BCUT2D eigenvalue weighted by Gasteiger charge is 2.26. The van der Waals surface area contributed by atoms with Crippen LogP contribution in [0.2, 0.25) is 5.02 Å². The predicted octanol–water partition coefficient (Wildman–Crippen LogP) is 6.44. The van der Waals surface area contributed by atoms with Gasteiger partial charge in [0.05, 0.1) is 4.90 Å². The second-order valence-electron chi connectivity index (χ2n) is 9.17. The maximum absolute atomic E-state index is 13.1. The van der Waals surface area contributed by atoms with Gasteiger partial charge in [0.2, 0.25) is 10.0 Å². The third-order valence-electron chi connectivity index (χ3n) is 6.90. The van der Waals surface area contributed by atoms with Crippen molar-refractivity contribution in [2.45, 2.75) is 36.0 Å². The molecule has 0 spiro atoms. The van der Waals surface area contributed by atoms with Crippen molar-refractivity contribution in [1.29, 1.82) is 0 Å². The molecule has 1 saturated heterocycles. The Morgan fingerprint density at radius 1 is 0.943 bits per heavy atom. The Balaban J connectivity index is 0.00000342. The lowest BCUT2D eigenvalue weighted by atomic mass is 9.89. The van der Waals surface area contributed by atoms with Gasteiger partial charge < -0.3 is 4.90 Å². The van der Waals surface area contributed by atoms with Crippen molar-refractivity contribution in [3.8, 4) is 0 Å². The largest absolute Gasteiger partial charge is 0.303 e. The lowest BCUT2D eigenvalue weighted by Gasteiger charge is -2.33. The molecule has 0 aliphatic carbocycles. The van der Waals surface area contributed by atoms with Crippen LogP contribution in [0.1, 0.15) is 42.2 Å². The molecule has 3 aromatic rings. The number of hydrogen-bond donors (Lipinski definition) is 0. The summed E-state index contributed by atoms with van der Waals surface area (Å²) in [5.74, 6) is 0.692. The third kappa shape index (κ3) is 7.31. The van der Waals surface area contributed by atoms with Crippen LogP contribution in [0.4, 0.5) is 0 Å². The van der Waals surface area contributed by atoms with Crippen LogP contribution >= 0.6 is 24.0 Å². The standard InChI is InChI=1S/C28H33ClN2O2S.ClH/c1-30(34(32,33)28-13-6-3-7-14-28)22-26(25-11-8-12-27(29)21-25)17-20-31-18-15-24(16-19-31)23-9-4-2-5-10-23;/h2-14,21,24,26H,15-20,22H2,1H3;1H. The van der Waals surface area contributed by atoms with Crippen LogP contribution in [0.3, 0.4) is 0 Å². The van der Waals surface area contributed by atoms with Gasteiger partial charge >= 0.3 is 0 Å². The number of halogens is 2. The van der Waals surface area contributed by atoms with E-state index in [1.54, 1.807) is 31.3 Å². The second-order valence-corrected chi connectivity index (χ2v) is 11.6. The van der Waals surface area contributed by atoms with E-state index in [4.69, 9.17) is 11.6 Å². The van der Waals surface area contributed by atoms with E-state index in [-0.39, 0.29) is 18.3 Å². The van der Waals surface area contributed by atoms with E-state index in [0.717, 1.165) is 44.5 Å². The molecule has 1 aliphatic rings. The molecule has 1 aliphatic heterocycles. The van der Waals surface area contributed by atoms with Crippen molar-refractivity contribution in [1.82, 2.24) is 9.21 Å². The molecular weight excluding hydrogens is 499 g/mol. The SMILES string of the molecule is CN(CC(CCN1CCC(c2ccccc2)CC1)c1cccc(Cl)c1)S(=O)(=O)c1ccccc1.Cl. The van der Waals surface area contributed by atoms with Gasteiger partial charge in [-0.2, -0.15) is 0 Å². The molecule has 0 aromatic heterocycles. The number of hydrogen-bond acceptors (Lipinski definition) is 3. The van der Waals surface area contributed by atoms with Gasteiger partial charge in [-0.25, -0.2) is 12.7 Å². The Labute approximate surface area is 221 Å². The molecule has 4 nitrogen and oxygen atoms in total. The highest BCUT2D eigenvalue weighted by Crippen LogP contribution is 2.30. The van der Waals surface area contributed by atoms with Crippen molar-refractivity contribution in [3.63, 3.8) is 0 Å². The van der Waals surface area contributed by atoms with Gasteiger partial charge in [-0.1, -0.05) is 72.3 Å². The van der Waals surface area contributed by atoms with E-state index < -0.39 is 10.0 Å². The molecule has 0 radical (unpaired) electrons. The Kier molecular flexibility index (Phi) is 10.2. The smallest absolute Gasteiger partial charge is 0.242 e. The van der Waals surface area contributed by atoms with Crippen molar-refractivity contribution in [2.75, 3.05) is 33.2 Å². The first-order chi connectivity index (χ1) is 16.4. The van der Waals surface area contributed by atoms with Gasteiger partial charge in [0.25, 0.3) is 0 Å². The Morgan fingerprint density at radius 3 is 2.20 bits per heavy atom. The van der Waals surface area contributed by atoms with Crippen molar-refractivity contribution >= 4 is 34.0 Å². The summed E-state index contributed by atoms with van der Waals surface area (Å²) in [5, 5.41) is 0.680. The first-order valence-electron chi connectivity index (χ1n) is 12.0. The highest BCUT2D eigenvalue weighted by atomic mass is 35.5. The van der Waals surface area contributed by atoms with E-state index in [0.29, 0.717) is 22.4 Å². The molecule has 0 amide bonds. The summed E-state index contributed by atoms with van der Waals surface area (Å²) < 4.78 is 27.7. The number of rotatable bonds is 9. The monoisotopic (exact) mass is 532 g/mol. The van der Waals surface area contributed by atoms with Gasteiger partial charge in [-0.15, -0.1) is 12.4 Å². The van der Waals surface area contributed by atoms with Crippen LogP contribution < -0.4 is 0 Å². The van der Waals surface area contributed by atoms with E-state index in [1.807, 2.05) is 24.3 Å². The zero-order valence-corrected chi connectivity index (χ0v) is 22.5. The summed E-state index contributed by atoms with van der Waals surface area (Å²) in [4.78, 5) is 2.84. The Morgan fingerprint density at radius 2 is 1.57 bits per heavy atom. The summed E-state index contributed by atoms with van der Waals surface area (Å²) in [6.45, 7) is 3.50. The van der Waals surface area contributed by atoms with Crippen LogP contribution in [0.25, 0.3) is 0 Å². The van der Waals surface area contributed by atoms with E-state index in [1.165, 1.54) is 9.87 Å². The number of nitrogens with zero attached hydrogens (tertiary/aromatic N) is 2. The predicted molar refractivity (Wildman–Crippen MR) is 147 cm³/mol. The quantitative estimate of drug-likeness (QED) is 0.318. The fourth-order valence-electron chi connectivity index (χ4n) is 4.86. The number of sulfonamides is 1. The topological polar surface area (TPSA) is 40.6 Å². The lowest BCUT2D eigenvalue weighted by molar-refractivity contribution is 0.203. The zero-order valence-electron chi connectivity index (χ0n) is 20.1. The number of likely N-dealkylation sites (N-methyl/N-ethyl adjacent to an activating group) is 1. The van der Waals surface area contributed by atoms with Gasteiger partial charge in [0, 0.05) is 18.6 Å². The molecule has 7 heteroatoms. The minimum atomic E-state index is -3.55. The van der Waals surface area contributed by atoms with E-state index >= 15 is 0 Å². The molecule has 1 unspecified atom stereocenters. The van der Waals surface area contributed by atoms with Crippen molar-refractivity contribution in [2.24, 2.45) is 0 Å². The Bertz CT molecular complexity index is 1150. The minimum Gasteiger partial charge on any atom is -0.303 e. The van der Waals surface area contributed by atoms with Gasteiger partial charge in [0.1, 0.15) is 0 Å². The van der Waals surface area contributed by atoms with Crippen molar-refractivity contribution in [3.05, 3.63) is 101 Å². The van der Waals surface area contributed by atoms with Gasteiger partial charge in [-0.05, 0) is 86.1 Å². The molecular formula is C28H34Cl2N2O2S. The van der Waals surface area contributed by atoms with Crippen molar-refractivity contribution < 1.29 is 8.42 Å². The van der Waals surface area contributed by atoms with E-state index in [9.17, 15) is 8.42 Å². The average molecular weight is 534 g/mol. The first kappa shape index (κ1) is 27.7. The molecule has 3 aromatic carbocycles. The second kappa shape index (κ2) is 12.9. The third-order valence-corrected chi connectivity index (χ3v) is 8.97. The summed E-state index contributed by atoms with van der Waals surface area (Å²) >= 11 is 6.29. The maximum Gasteiger partial charge on any atom is 0.242 e. The van der Waals surface area contributed by atoms with Gasteiger partial charge in [0.15, 0.2) is 0 Å². The van der Waals surface area contributed by atoms with Crippen LogP contribution in [0, 0.1) is 0 Å². The summed E-state index contributed by atoms with van der Waals surface area (Å²) in [6.07, 6.45) is 3.20. The van der Waals surface area contributed by atoms with Crippen LogP contribution in [0.5, 0.6) is 0 Å². The maximum atomic E-state index is 13.1. The molecule has 188 valence electrons. The summed E-state index contributed by atoms with van der Waals surface area (Å²) in [6, 6.07) is 27.3. The minimum absolute atomic E-state index is 0. The molecule has 35 heavy (non-hydrogen) atoms. The highest BCUT2D eigenvalue weighted by molar-refractivity contribution is 7.89. The molecule has 0 saturated carbocycles. The molecule has 1 heterocycles. The number of benzene rings is 3. The number of likely N-dealkylation sites (tertiary alicyclic amines) is 1. The first-order valence-corrected chi connectivity index (χ1v) is 13.8. The molecule has 1 fully saturated rings. The summed E-state index contributed by atoms with van der Waals surface area (Å²) in [7, 11) is -1.87. The lowest BCUT2D eigenvalue weighted by Crippen LogP contribution is -2.36.